The lowest BCUT2D eigenvalue weighted by Crippen LogP contribution is -2.18. The largest absolute Gasteiger partial charge is 0.497 e. The Hall–Kier alpha value is -4.66. The fourth-order valence-corrected chi connectivity index (χ4v) is 3.91. The molecule has 9 heteroatoms. The average Bonchev–Trinajstić information content (AvgIpc) is 3.19. The van der Waals surface area contributed by atoms with Gasteiger partial charge in [-0.1, -0.05) is 18.2 Å². The second-order valence-electron chi connectivity index (χ2n) is 7.51. The molecule has 4 aromatic rings. The SMILES string of the molecule is COc1ccc(OC)c(NC(=O)c2c(N)n(C(=O)c3ccc(OC)c(OC)c3)c3ccccc23)c1. The predicted molar refractivity (Wildman–Crippen MR) is 133 cm³/mol. The topological polar surface area (TPSA) is 114 Å². The van der Waals surface area contributed by atoms with E-state index in [1.54, 1.807) is 60.7 Å². The van der Waals surface area contributed by atoms with E-state index >= 15 is 0 Å². The number of methoxy groups -OCH3 is 4. The van der Waals surface area contributed by atoms with Gasteiger partial charge in [-0.15, -0.1) is 0 Å². The van der Waals surface area contributed by atoms with E-state index in [-0.39, 0.29) is 11.4 Å². The third kappa shape index (κ3) is 4.19. The lowest BCUT2D eigenvalue weighted by Gasteiger charge is -2.12. The second-order valence-corrected chi connectivity index (χ2v) is 7.51. The minimum atomic E-state index is -0.496. The van der Waals surface area contributed by atoms with Crippen molar-refractivity contribution in [2.75, 3.05) is 39.5 Å². The first kappa shape index (κ1) is 23.5. The van der Waals surface area contributed by atoms with Crippen LogP contribution in [0.25, 0.3) is 10.9 Å². The normalized spacial score (nSPS) is 10.6. The van der Waals surface area contributed by atoms with Gasteiger partial charge >= 0.3 is 0 Å². The number of nitrogens with two attached hydrogens (primary N) is 1. The first-order valence-electron chi connectivity index (χ1n) is 10.6. The molecule has 1 aromatic heterocycles. The van der Waals surface area contributed by atoms with E-state index in [2.05, 4.69) is 5.32 Å². The summed E-state index contributed by atoms with van der Waals surface area (Å²) in [5.74, 6) is 0.966. The number of carbonyl (C=O) groups excluding carboxylic acids is 2. The second kappa shape index (κ2) is 9.68. The van der Waals surface area contributed by atoms with Gasteiger partial charge in [-0.2, -0.15) is 0 Å². The molecule has 0 spiro atoms. The van der Waals surface area contributed by atoms with E-state index in [0.717, 1.165) is 0 Å². The van der Waals surface area contributed by atoms with Gasteiger partial charge < -0.3 is 30.0 Å². The Morgan fingerprint density at radius 2 is 1.49 bits per heavy atom. The summed E-state index contributed by atoms with van der Waals surface area (Å²) < 4.78 is 22.5. The number of para-hydroxylation sites is 1. The van der Waals surface area contributed by atoms with Gasteiger partial charge in [0.1, 0.15) is 17.3 Å². The summed E-state index contributed by atoms with van der Waals surface area (Å²) in [4.78, 5) is 27.0. The van der Waals surface area contributed by atoms with Crippen LogP contribution < -0.4 is 30.0 Å². The third-order valence-corrected chi connectivity index (χ3v) is 5.63. The molecule has 0 bridgehead atoms. The van der Waals surface area contributed by atoms with Crippen molar-refractivity contribution in [2.45, 2.75) is 0 Å². The number of hydrogen-bond acceptors (Lipinski definition) is 7. The first-order chi connectivity index (χ1) is 16.9. The zero-order chi connectivity index (χ0) is 25.1. The Kier molecular flexibility index (Phi) is 6.50. The molecule has 0 aliphatic rings. The highest BCUT2D eigenvalue weighted by Gasteiger charge is 2.26. The minimum Gasteiger partial charge on any atom is -0.497 e. The Balaban J connectivity index is 1.80. The molecule has 1 heterocycles. The van der Waals surface area contributed by atoms with Crippen molar-refractivity contribution in [3.8, 4) is 23.0 Å². The zero-order valence-electron chi connectivity index (χ0n) is 19.7. The van der Waals surface area contributed by atoms with Crippen LogP contribution in [0, 0.1) is 0 Å². The molecule has 0 fully saturated rings. The van der Waals surface area contributed by atoms with Gasteiger partial charge in [-0.25, -0.2) is 0 Å². The van der Waals surface area contributed by atoms with Crippen LogP contribution in [-0.4, -0.2) is 44.8 Å². The van der Waals surface area contributed by atoms with E-state index in [0.29, 0.717) is 45.2 Å². The summed E-state index contributed by atoms with van der Waals surface area (Å²) in [6, 6.07) is 16.9. The van der Waals surface area contributed by atoms with Crippen LogP contribution in [0.15, 0.2) is 60.7 Å². The lowest BCUT2D eigenvalue weighted by molar-refractivity contribution is 0.0967. The van der Waals surface area contributed by atoms with Gasteiger partial charge in [0.05, 0.1) is 45.2 Å². The summed E-state index contributed by atoms with van der Waals surface area (Å²) in [7, 11) is 6.03. The number of nitrogens with zero attached hydrogens (tertiary/aromatic N) is 1. The number of benzene rings is 3. The summed E-state index contributed by atoms with van der Waals surface area (Å²) in [6.07, 6.45) is 0. The van der Waals surface area contributed by atoms with Crippen LogP contribution in [0.5, 0.6) is 23.0 Å². The van der Waals surface area contributed by atoms with Crippen molar-refractivity contribution in [1.82, 2.24) is 4.57 Å². The molecule has 0 atom stereocenters. The maximum Gasteiger partial charge on any atom is 0.264 e. The molecular weight excluding hydrogens is 450 g/mol. The van der Waals surface area contributed by atoms with Crippen molar-refractivity contribution in [3.05, 3.63) is 71.8 Å². The maximum atomic E-state index is 13.5. The Morgan fingerprint density at radius 1 is 0.800 bits per heavy atom. The van der Waals surface area contributed by atoms with Gasteiger partial charge in [-0.3, -0.25) is 14.2 Å². The molecule has 0 radical (unpaired) electrons. The van der Waals surface area contributed by atoms with Crippen LogP contribution in [0.1, 0.15) is 20.7 Å². The first-order valence-corrected chi connectivity index (χ1v) is 10.6. The number of amides is 1. The van der Waals surface area contributed by atoms with Gasteiger partial charge in [-0.05, 0) is 36.4 Å². The fourth-order valence-electron chi connectivity index (χ4n) is 3.91. The molecule has 9 nitrogen and oxygen atoms in total. The van der Waals surface area contributed by atoms with Crippen LogP contribution >= 0.6 is 0 Å². The molecule has 0 aliphatic heterocycles. The summed E-state index contributed by atoms with van der Waals surface area (Å²) in [6.45, 7) is 0. The number of carbonyl (C=O) groups is 2. The number of nitrogen functional groups attached to an aromatic ring is 1. The Labute approximate surface area is 202 Å². The van der Waals surface area contributed by atoms with Crippen molar-refractivity contribution < 1.29 is 28.5 Å². The monoisotopic (exact) mass is 475 g/mol. The van der Waals surface area contributed by atoms with Gasteiger partial charge in [0, 0.05) is 17.0 Å². The van der Waals surface area contributed by atoms with E-state index in [1.807, 2.05) is 0 Å². The van der Waals surface area contributed by atoms with Gasteiger partial charge in [0.2, 0.25) is 0 Å². The number of rotatable bonds is 7. The Bertz CT molecular complexity index is 1430. The highest BCUT2D eigenvalue weighted by Crippen LogP contribution is 2.34. The number of hydrogen-bond donors (Lipinski definition) is 2. The number of fused-ring (bicyclic) bond motifs is 1. The molecule has 180 valence electrons. The highest BCUT2D eigenvalue weighted by molar-refractivity contribution is 6.20. The summed E-state index contributed by atoms with van der Waals surface area (Å²) in [5.41, 5.74) is 7.81. The summed E-state index contributed by atoms with van der Waals surface area (Å²) >= 11 is 0. The van der Waals surface area contributed by atoms with Crippen molar-refractivity contribution in [2.24, 2.45) is 0 Å². The molecule has 0 aliphatic carbocycles. The molecular formula is C26H25N3O6. The highest BCUT2D eigenvalue weighted by atomic mass is 16.5. The molecule has 3 aromatic carbocycles. The maximum absolute atomic E-state index is 13.5. The van der Waals surface area contributed by atoms with E-state index < -0.39 is 11.8 Å². The van der Waals surface area contributed by atoms with Crippen LogP contribution in [0.3, 0.4) is 0 Å². The molecule has 3 N–H and O–H groups in total. The standard InChI is InChI=1S/C26H25N3O6/c1-32-16-10-12-20(33-2)18(14-16)28-25(30)23-17-7-5-6-8-19(17)29(24(23)27)26(31)15-9-11-21(34-3)22(13-15)35-4/h5-14H,27H2,1-4H3,(H,28,30). The van der Waals surface area contributed by atoms with E-state index in [1.165, 1.54) is 33.0 Å². The molecule has 0 saturated heterocycles. The van der Waals surface area contributed by atoms with Crippen LogP contribution in [0.2, 0.25) is 0 Å². The fraction of sp³-hybridized carbons (Fsp3) is 0.154. The van der Waals surface area contributed by atoms with Crippen molar-refractivity contribution in [1.29, 1.82) is 0 Å². The molecule has 1 amide bonds. The smallest absolute Gasteiger partial charge is 0.264 e. The molecule has 0 unspecified atom stereocenters. The molecule has 4 rings (SSSR count). The number of anilines is 2. The van der Waals surface area contributed by atoms with Gasteiger partial charge in [0.25, 0.3) is 11.8 Å². The van der Waals surface area contributed by atoms with Crippen LogP contribution in [0.4, 0.5) is 11.5 Å². The van der Waals surface area contributed by atoms with E-state index in [9.17, 15) is 9.59 Å². The average molecular weight is 476 g/mol. The molecule has 0 saturated carbocycles. The number of nitrogens with one attached hydrogen (secondary N) is 1. The molecule has 35 heavy (non-hydrogen) atoms. The van der Waals surface area contributed by atoms with E-state index in [4.69, 9.17) is 24.7 Å². The zero-order valence-corrected chi connectivity index (χ0v) is 19.7. The third-order valence-electron chi connectivity index (χ3n) is 5.63. The quantitative estimate of drug-likeness (QED) is 0.412. The summed E-state index contributed by atoms with van der Waals surface area (Å²) in [5, 5.41) is 3.35. The predicted octanol–water partition coefficient (Wildman–Crippen LogP) is 4.20. The van der Waals surface area contributed by atoms with Crippen LogP contribution in [-0.2, 0) is 0 Å². The van der Waals surface area contributed by atoms with Gasteiger partial charge in [0.15, 0.2) is 11.5 Å². The number of aromatic nitrogens is 1. The lowest BCUT2D eigenvalue weighted by atomic mass is 10.1. The number of ether oxygens (including phenoxy) is 4. The minimum absolute atomic E-state index is 0.00495. The van der Waals surface area contributed by atoms with Crippen molar-refractivity contribution >= 4 is 34.2 Å². The van der Waals surface area contributed by atoms with Crippen molar-refractivity contribution in [3.63, 3.8) is 0 Å². The Morgan fingerprint density at radius 3 is 2.17 bits per heavy atom.